The zero-order valence-electron chi connectivity index (χ0n) is 9.05. The molecule has 5 heteroatoms. The first-order valence-electron chi connectivity index (χ1n) is 5.40. The minimum Gasteiger partial charge on any atom is -0.356 e. The van der Waals surface area contributed by atoms with Gasteiger partial charge in [-0.3, -0.25) is 4.79 Å². The number of carbonyl (C=O) groups excluding carboxylic acids is 1. The molecule has 17 heavy (non-hydrogen) atoms. The van der Waals surface area contributed by atoms with E-state index in [1.807, 2.05) is 0 Å². The Morgan fingerprint density at radius 2 is 1.88 bits per heavy atom. The van der Waals surface area contributed by atoms with Crippen molar-refractivity contribution in [2.75, 3.05) is 6.54 Å². The van der Waals surface area contributed by atoms with Gasteiger partial charge in [0, 0.05) is 12.5 Å². The molecule has 0 spiro atoms. The first-order chi connectivity index (χ1) is 7.97. The molecule has 0 radical (unpaired) electrons. The van der Waals surface area contributed by atoms with Gasteiger partial charge in [0.05, 0.1) is 5.56 Å². The molecule has 0 unspecified atom stereocenters. The Kier molecular flexibility index (Phi) is 3.09. The fraction of sp³-hybridized carbons (Fsp3) is 0.417. The number of halogens is 3. The van der Waals surface area contributed by atoms with Crippen LogP contribution in [0.25, 0.3) is 0 Å². The van der Waals surface area contributed by atoms with Crippen LogP contribution in [0, 0.1) is 5.92 Å². The predicted octanol–water partition coefficient (Wildman–Crippen LogP) is 2.38. The summed E-state index contributed by atoms with van der Waals surface area (Å²) in [5.41, 5.74) is 0.108. The monoisotopic (exact) mass is 243 g/mol. The number of alkyl halides is 3. The lowest BCUT2D eigenvalue weighted by Gasteiger charge is -2.09. The normalized spacial score (nSPS) is 20.4. The van der Waals surface area contributed by atoms with Crippen molar-refractivity contribution in [2.24, 2.45) is 5.92 Å². The third-order valence-corrected chi connectivity index (χ3v) is 2.93. The second-order valence-electron chi connectivity index (χ2n) is 4.18. The Labute approximate surface area is 96.8 Å². The number of hydrogen-bond donors (Lipinski definition) is 1. The minimum absolute atomic E-state index is 0.00935. The third-order valence-electron chi connectivity index (χ3n) is 2.93. The molecular weight excluding hydrogens is 231 g/mol. The van der Waals surface area contributed by atoms with Crippen molar-refractivity contribution >= 4 is 5.91 Å². The summed E-state index contributed by atoms with van der Waals surface area (Å²) in [7, 11) is 0. The molecule has 1 saturated heterocycles. The van der Waals surface area contributed by atoms with E-state index < -0.39 is 11.7 Å². The van der Waals surface area contributed by atoms with Crippen molar-refractivity contribution in [3.05, 3.63) is 35.4 Å². The SMILES string of the molecule is O=C1NCC[C@H]1Cc1ccc(C(F)(F)F)cc1. The highest BCUT2D eigenvalue weighted by Gasteiger charge is 2.30. The van der Waals surface area contributed by atoms with Crippen LogP contribution in [-0.4, -0.2) is 12.5 Å². The first-order valence-corrected chi connectivity index (χ1v) is 5.40. The van der Waals surface area contributed by atoms with Crippen LogP contribution in [0.1, 0.15) is 17.5 Å². The third kappa shape index (κ3) is 2.78. The van der Waals surface area contributed by atoms with Crippen LogP contribution in [-0.2, 0) is 17.4 Å². The van der Waals surface area contributed by atoms with Gasteiger partial charge >= 0.3 is 6.18 Å². The standard InChI is InChI=1S/C12H12F3NO/c13-12(14,15)10-3-1-8(2-4-10)7-9-5-6-16-11(9)17/h1-4,9H,5-7H2,(H,16,17)/t9-/m0/s1. The summed E-state index contributed by atoms with van der Waals surface area (Å²) in [6.45, 7) is 0.657. The molecule has 2 nitrogen and oxygen atoms in total. The maximum atomic E-state index is 12.3. The lowest BCUT2D eigenvalue weighted by atomic mass is 9.97. The van der Waals surface area contributed by atoms with Crippen molar-refractivity contribution in [3.63, 3.8) is 0 Å². The van der Waals surface area contributed by atoms with E-state index in [2.05, 4.69) is 5.32 Å². The fourth-order valence-corrected chi connectivity index (χ4v) is 1.95. The molecule has 1 atom stereocenters. The molecule has 0 bridgehead atoms. The number of carbonyl (C=O) groups is 1. The highest BCUT2D eigenvalue weighted by molar-refractivity contribution is 5.80. The molecule has 1 heterocycles. The van der Waals surface area contributed by atoms with Gasteiger partial charge in [-0.25, -0.2) is 0 Å². The molecule has 1 aliphatic heterocycles. The van der Waals surface area contributed by atoms with Gasteiger partial charge in [-0.2, -0.15) is 13.2 Å². The topological polar surface area (TPSA) is 29.1 Å². The number of rotatable bonds is 2. The van der Waals surface area contributed by atoms with Gasteiger partial charge in [-0.1, -0.05) is 12.1 Å². The molecule has 92 valence electrons. The van der Waals surface area contributed by atoms with E-state index in [0.717, 1.165) is 24.1 Å². The molecule has 0 aliphatic carbocycles. The fourth-order valence-electron chi connectivity index (χ4n) is 1.95. The van der Waals surface area contributed by atoms with Crippen LogP contribution in [0.15, 0.2) is 24.3 Å². The maximum absolute atomic E-state index is 12.3. The molecule has 1 aliphatic rings. The first kappa shape index (κ1) is 12.0. The molecule has 0 aromatic heterocycles. The summed E-state index contributed by atoms with van der Waals surface area (Å²) in [5, 5.41) is 2.71. The summed E-state index contributed by atoms with van der Waals surface area (Å²) in [5.74, 6) is -0.114. The Morgan fingerprint density at radius 1 is 1.24 bits per heavy atom. The van der Waals surface area contributed by atoms with Gasteiger partial charge in [-0.15, -0.1) is 0 Å². The average Bonchev–Trinajstić information content (AvgIpc) is 2.64. The zero-order valence-corrected chi connectivity index (χ0v) is 9.05. The number of amides is 1. The molecule has 2 rings (SSSR count). The zero-order chi connectivity index (χ0) is 12.5. The Bertz CT molecular complexity index is 411. The van der Waals surface area contributed by atoms with E-state index in [-0.39, 0.29) is 11.8 Å². The van der Waals surface area contributed by atoms with Crippen molar-refractivity contribution in [1.82, 2.24) is 5.32 Å². The second-order valence-corrected chi connectivity index (χ2v) is 4.18. The number of nitrogens with one attached hydrogen (secondary N) is 1. The lowest BCUT2D eigenvalue weighted by molar-refractivity contribution is -0.137. The number of hydrogen-bond acceptors (Lipinski definition) is 1. The quantitative estimate of drug-likeness (QED) is 0.849. The van der Waals surface area contributed by atoms with Crippen LogP contribution in [0.4, 0.5) is 13.2 Å². The van der Waals surface area contributed by atoms with Crippen molar-refractivity contribution in [1.29, 1.82) is 0 Å². The van der Waals surface area contributed by atoms with Crippen LogP contribution < -0.4 is 5.32 Å². The van der Waals surface area contributed by atoms with Crippen molar-refractivity contribution < 1.29 is 18.0 Å². The van der Waals surface area contributed by atoms with E-state index in [1.165, 1.54) is 12.1 Å². The van der Waals surface area contributed by atoms with E-state index in [0.29, 0.717) is 13.0 Å². The largest absolute Gasteiger partial charge is 0.416 e. The molecule has 0 saturated carbocycles. The second kappa shape index (κ2) is 4.39. The Balaban J connectivity index is 2.06. The van der Waals surface area contributed by atoms with E-state index in [9.17, 15) is 18.0 Å². The van der Waals surface area contributed by atoms with Gasteiger partial charge in [-0.05, 0) is 30.5 Å². The average molecular weight is 243 g/mol. The summed E-state index contributed by atoms with van der Waals surface area (Å²) in [6, 6.07) is 4.99. The van der Waals surface area contributed by atoms with Crippen molar-refractivity contribution in [2.45, 2.75) is 19.0 Å². The van der Waals surface area contributed by atoms with Gasteiger partial charge < -0.3 is 5.32 Å². The van der Waals surface area contributed by atoms with Crippen LogP contribution in [0.2, 0.25) is 0 Å². The van der Waals surface area contributed by atoms with E-state index in [1.54, 1.807) is 0 Å². The Morgan fingerprint density at radius 3 is 2.35 bits per heavy atom. The lowest BCUT2D eigenvalue weighted by Crippen LogP contribution is -2.20. The van der Waals surface area contributed by atoms with Gasteiger partial charge in [0.2, 0.25) is 5.91 Å². The maximum Gasteiger partial charge on any atom is 0.416 e. The van der Waals surface area contributed by atoms with Gasteiger partial charge in [0.25, 0.3) is 0 Å². The van der Waals surface area contributed by atoms with Crippen LogP contribution in [0.5, 0.6) is 0 Å². The van der Waals surface area contributed by atoms with E-state index >= 15 is 0 Å². The highest BCUT2D eigenvalue weighted by atomic mass is 19.4. The summed E-state index contributed by atoms with van der Waals surface area (Å²) in [6.07, 6.45) is -3.05. The molecule has 1 aromatic carbocycles. The molecular formula is C12H12F3NO. The van der Waals surface area contributed by atoms with Crippen LogP contribution in [0.3, 0.4) is 0 Å². The van der Waals surface area contributed by atoms with Crippen molar-refractivity contribution in [3.8, 4) is 0 Å². The Hall–Kier alpha value is -1.52. The molecule has 1 N–H and O–H groups in total. The summed E-state index contributed by atoms with van der Waals surface area (Å²) < 4.78 is 37.0. The smallest absolute Gasteiger partial charge is 0.356 e. The van der Waals surface area contributed by atoms with Crippen LogP contribution >= 0.6 is 0 Å². The highest BCUT2D eigenvalue weighted by Crippen LogP contribution is 2.29. The predicted molar refractivity (Wildman–Crippen MR) is 56.3 cm³/mol. The minimum atomic E-state index is -4.30. The summed E-state index contributed by atoms with van der Waals surface area (Å²) in [4.78, 5) is 11.3. The summed E-state index contributed by atoms with van der Waals surface area (Å²) >= 11 is 0. The molecule has 1 fully saturated rings. The number of benzene rings is 1. The van der Waals surface area contributed by atoms with E-state index in [4.69, 9.17) is 0 Å². The van der Waals surface area contributed by atoms with Gasteiger partial charge in [0.15, 0.2) is 0 Å². The molecule has 1 aromatic rings. The molecule has 1 amide bonds. The van der Waals surface area contributed by atoms with Gasteiger partial charge in [0.1, 0.15) is 0 Å².